The predicted octanol–water partition coefficient (Wildman–Crippen LogP) is 3.22. The third-order valence-electron chi connectivity index (χ3n) is 3.12. The van der Waals surface area contributed by atoms with Crippen molar-refractivity contribution in [3.05, 3.63) is 29.8 Å². The number of sulfone groups is 1. The zero-order valence-corrected chi connectivity index (χ0v) is 13.3. The van der Waals surface area contributed by atoms with Crippen LogP contribution in [0.1, 0.15) is 38.0 Å². The second-order valence-electron chi connectivity index (χ2n) is 5.69. The van der Waals surface area contributed by atoms with Gasteiger partial charge >= 0.3 is 6.36 Å². The van der Waals surface area contributed by atoms with Crippen LogP contribution in [0, 0.1) is 0 Å². The van der Waals surface area contributed by atoms with Crippen molar-refractivity contribution < 1.29 is 31.4 Å². The lowest BCUT2D eigenvalue weighted by Gasteiger charge is -2.19. The molecule has 0 aromatic heterocycles. The first-order valence-corrected chi connectivity index (χ1v) is 8.31. The molecule has 0 radical (unpaired) electrons. The SMILES string of the molecule is CC(c1ccc(OC(F)(F)F)cc1)S(=O)(=O)CCC(C)(C)O. The molecule has 0 amide bonds. The molecule has 1 unspecified atom stereocenters. The molecule has 1 rings (SSSR count). The van der Waals surface area contributed by atoms with E-state index in [9.17, 15) is 26.7 Å². The fourth-order valence-electron chi connectivity index (χ4n) is 1.72. The standard InChI is InChI=1S/C14H19F3O4S/c1-10(22(19,20)9-8-13(2,3)18)11-4-6-12(7-5-11)21-14(15,16)17/h4-7,10,18H,8-9H2,1-3H3. The summed E-state index contributed by atoms with van der Waals surface area (Å²) in [6, 6.07) is 4.72. The zero-order valence-electron chi connectivity index (χ0n) is 12.5. The Labute approximate surface area is 127 Å². The van der Waals surface area contributed by atoms with Crippen LogP contribution < -0.4 is 4.74 Å². The number of hydrogen-bond acceptors (Lipinski definition) is 4. The van der Waals surface area contributed by atoms with Crippen LogP contribution in [0.2, 0.25) is 0 Å². The molecule has 8 heteroatoms. The molecule has 1 aromatic rings. The second-order valence-corrected chi connectivity index (χ2v) is 8.13. The molecule has 0 heterocycles. The van der Waals surface area contributed by atoms with Crippen molar-refractivity contribution in [1.82, 2.24) is 0 Å². The van der Waals surface area contributed by atoms with Crippen molar-refractivity contribution >= 4 is 9.84 Å². The number of ether oxygens (including phenoxy) is 1. The summed E-state index contributed by atoms with van der Waals surface area (Å²) in [5, 5.41) is 8.71. The lowest BCUT2D eigenvalue weighted by atomic mass is 10.1. The molecule has 1 N–H and O–H groups in total. The summed E-state index contributed by atoms with van der Waals surface area (Å²) >= 11 is 0. The molecule has 126 valence electrons. The van der Waals surface area contributed by atoms with Gasteiger partial charge in [0.05, 0.1) is 16.6 Å². The Bertz CT molecular complexity index is 586. The van der Waals surface area contributed by atoms with Gasteiger partial charge in [-0.1, -0.05) is 12.1 Å². The van der Waals surface area contributed by atoms with Crippen LogP contribution in [0.25, 0.3) is 0 Å². The van der Waals surface area contributed by atoms with E-state index in [1.165, 1.54) is 32.9 Å². The molecular weight excluding hydrogens is 321 g/mol. The Morgan fingerprint density at radius 2 is 1.68 bits per heavy atom. The minimum Gasteiger partial charge on any atom is -0.406 e. The van der Waals surface area contributed by atoms with Gasteiger partial charge in [0.1, 0.15) is 5.75 Å². The van der Waals surface area contributed by atoms with Crippen LogP contribution in [0.4, 0.5) is 13.2 Å². The van der Waals surface area contributed by atoms with Gasteiger partial charge in [-0.2, -0.15) is 0 Å². The van der Waals surface area contributed by atoms with Crippen LogP contribution in [-0.4, -0.2) is 31.2 Å². The molecule has 0 spiro atoms. The van der Waals surface area contributed by atoms with Gasteiger partial charge in [0.15, 0.2) is 9.84 Å². The molecule has 4 nitrogen and oxygen atoms in total. The van der Waals surface area contributed by atoms with Gasteiger partial charge in [-0.15, -0.1) is 13.2 Å². The van der Waals surface area contributed by atoms with Crippen molar-refractivity contribution in [1.29, 1.82) is 0 Å². The third-order valence-corrected chi connectivity index (χ3v) is 5.24. The highest BCUT2D eigenvalue weighted by Crippen LogP contribution is 2.28. The topological polar surface area (TPSA) is 63.6 Å². The summed E-state index contributed by atoms with van der Waals surface area (Å²) in [6.07, 6.45) is -4.71. The van der Waals surface area contributed by atoms with Crippen LogP contribution in [0.3, 0.4) is 0 Å². The van der Waals surface area contributed by atoms with E-state index in [4.69, 9.17) is 0 Å². The summed E-state index contributed by atoms with van der Waals surface area (Å²) in [7, 11) is -3.52. The van der Waals surface area contributed by atoms with Crippen LogP contribution >= 0.6 is 0 Å². The van der Waals surface area contributed by atoms with E-state index in [0.717, 1.165) is 12.1 Å². The molecule has 1 atom stereocenters. The van der Waals surface area contributed by atoms with Gasteiger partial charge in [0.25, 0.3) is 0 Å². The lowest BCUT2D eigenvalue weighted by Crippen LogP contribution is -2.25. The van der Waals surface area contributed by atoms with E-state index in [1.807, 2.05) is 0 Å². The maximum absolute atomic E-state index is 12.2. The van der Waals surface area contributed by atoms with Gasteiger partial charge in [0, 0.05) is 0 Å². The normalized spacial score (nSPS) is 14.7. The summed E-state index contributed by atoms with van der Waals surface area (Å²) in [5.41, 5.74) is -0.734. The Hall–Kier alpha value is -1.28. The van der Waals surface area contributed by atoms with Crippen LogP contribution in [0.5, 0.6) is 5.75 Å². The zero-order chi connectivity index (χ0) is 17.2. The van der Waals surface area contributed by atoms with Crippen molar-refractivity contribution in [2.45, 2.75) is 44.4 Å². The molecule has 0 aliphatic heterocycles. The van der Waals surface area contributed by atoms with Gasteiger partial charge in [-0.05, 0) is 44.9 Å². The van der Waals surface area contributed by atoms with E-state index in [2.05, 4.69) is 4.74 Å². The van der Waals surface area contributed by atoms with Crippen molar-refractivity contribution in [3.8, 4) is 5.75 Å². The van der Waals surface area contributed by atoms with E-state index in [0.29, 0.717) is 5.56 Å². The van der Waals surface area contributed by atoms with Crippen LogP contribution in [-0.2, 0) is 9.84 Å². The predicted molar refractivity (Wildman–Crippen MR) is 76.2 cm³/mol. The van der Waals surface area contributed by atoms with Gasteiger partial charge in [0.2, 0.25) is 0 Å². The lowest BCUT2D eigenvalue weighted by molar-refractivity contribution is -0.274. The van der Waals surface area contributed by atoms with E-state index >= 15 is 0 Å². The van der Waals surface area contributed by atoms with Crippen LogP contribution in [0.15, 0.2) is 24.3 Å². The molecular formula is C14H19F3O4S. The fourth-order valence-corrected chi connectivity index (χ4v) is 3.43. The number of alkyl halides is 3. The van der Waals surface area contributed by atoms with Crippen molar-refractivity contribution in [2.75, 3.05) is 5.75 Å². The first-order valence-electron chi connectivity index (χ1n) is 6.60. The average molecular weight is 340 g/mol. The number of aliphatic hydroxyl groups is 1. The van der Waals surface area contributed by atoms with E-state index in [-0.39, 0.29) is 12.2 Å². The second kappa shape index (κ2) is 6.45. The smallest absolute Gasteiger partial charge is 0.406 e. The monoisotopic (exact) mass is 340 g/mol. The first-order chi connectivity index (χ1) is 9.80. The Balaban J connectivity index is 2.82. The summed E-state index contributed by atoms with van der Waals surface area (Å²) in [4.78, 5) is 0. The molecule has 22 heavy (non-hydrogen) atoms. The number of hydrogen-bond donors (Lipinski definition) is 1. The third kappa shape index (κ3) is 6.23. The maximum Gasteiger partial charge on any atom is 0.573 e. The highest BCUT2D eigenvalue weighted by Gasteiger charge is 2.31. The minimum atomic E-state index is -4.79. The highest BCUT2D eigenvalue weighted by molar-refractivity contribution is 7.91. The summed E-state index contributed by atoms with van der Waals surface area (Å²) < 4.78 is 64.2. The van der Waals surface area contributed by atoms with Gasteiger partial charge < -0.3 is 9.84 Å². The van der Waals surface area contributed by atoms with Crippen molar-refractivity contribution in [2.24, 2.45) is 0 Å². The number of halogens is 3. The summed E-state index contributed by atoms with van der Waals surface area (Å²) in [5.74, 6) is -0.615. The Morgan fingerprint density at radius 1 is 1.18 bits per heavy atom. The quantitative estimate of drug-likeness (QED) is 0.864. The fraction of sp³-hybridized carbons (Fsp3) is 0.571. The molecule has 0 aliphatic carbocycles. The largest absolute Gasteiger partial charge is 0.573 e. The molecule has 0 saturated heterocycles. The molecule has 0 bridgehead atoms. The molecule has 1 aromatic carbocycles. The summed E-state index contributed by atoms with van der Waals surface area (Å²) in [6.45, 7) is 4.48. The van der Waals surface area contributed by atoms with Gasteiger partial charge in [-0.25, -0.2) is 8.42 Å². The minimum absolute atomic E-state index is 0.0783. The maximum atomic E-state index is 12.2. The molecule has 0 fully saturated rings. The van der Waals surface area contributed by atoms with E-state index in [1.54, 1.807) is 0 Å². The molecule has 0 saturated carbocycles. The van der Waals surface area contributed by atoms with E-state index < -0.39 is 32.8 Å². The molecule has 0 aliphatic rings. The number of rotatable bonds is 6. The average Bonchev–Trinajstić information content (AvgIpc) is 2.34. The first kappa shape index (κ1) is 18.8. The Kier molecular flexibility index (Phi) is 5.51. The highest BCUT2D eigenvalue weighted by atomic mass is 32.2. The van der Waals surface area contributed by atoms with Crippen molar-refractivity contribution in [3.63, 3.8) is 0 Å². The Morgan fingerprint density at radius 3 is 2.09 bits per heavy atom. The van der Waals surface area contributed by atoms with Gasteiger partial charge in [-0.3, -0.25) is 0 Å². The number of benzene rings is 1.